The second-order valence-electron chi connectivity index (χ2n) is 6.18. The highest BCUT2D eigenvalue weighted by molar-refractivity contribution is 5.81. The van der Waals surface area contributed by atoms with Crippen LogP contribution in [0.15, 0.2) is 41.1 Å². The van der Waals surface area contributed by atoms with Gasteiger partial charge in [-0.15, -0.1) is 0 Å². The largest absolute Gasteiger partial charge is 0.434 e. The van der Waals surface area contributed by atoms with Gasteiger partial charge in [0, 0.05) is 23.7 Å². The quantitative estimate of drug-likeness (QED) is 0.592. The SMILES string of the molecule is Cc1nc(-c2nc3ccc(-c4cncc(C(C)O)c4)cc3o2)[nH]c1C. The number of oxazole rings is 1. The highest BCUT2D eigenvalue weighted by atomic mass is 16.3. The molecule has 2 N–H and O–H groups in total. The number of aliphatic hydroxyl groups is 1. The van der Waals surface area contributed by atoms with Crippen LogP contribution in [0.4, 0.5) is 0 Å². The molecule has 6 heteroatoms. The molecular weight excluding hydrogens is 316 g/mol. The molecule has 4 rings (SSSR count). The molecule has 25 heavy (non-hydrogen) atoms. The van der Waals surface area contributed by atoms with E-state index in [1.54, 1.807) is 19.3 Å². The number of aromatic amines is 1. The summed E-state index contributed by atoms with van der Waals surface area (Å²) in [4.78, 5) is 16.3. The van der Waals surface area contributed by atoms with Gasteiger partial charge in [-0.2, -0.15) is 0 Å². The number of nitrogens with one attached hydrogen (secondary N) is 1. The van der Waals surface area contributed by atoms with Gasteiger partial charge in [0.15, 0.2) is 11.4 Å². The van der Waals surface area contributed by atoms with Gasteiger partial charge in [-0.25, -0.2) is 9.97 Å². The van der Waals surface area contributed by atoms with Gasteiger partial charge in [-0.3, -0.25) is 4.98 Å². The Labute approximate surface area is 144 Å². The molecule has 6 nitrogen and oxygen atoms in total. The highest BCUT2D eigenvalue weighted by Gasteiger charge is 2.14. The van der Waals surface area contributed by atoms with Gasteiger partial charge in [-0.05, 0) is 50.1 Å². The minimum absolute atomic E-state index is 0.471. The fourth-order valence-electron chi connectivity index (χ4n) is 2.70. The van der Waals surface area contributed by atoms with E-state index >= 15 is 0 Å². The van der Waals surface area contributed by atoms with Crippen molar-refractivity contribution in [2.45, 2.75) is 26.9 Å². The summed E-state index contributed by atoms with van der Waals surface area (Å²) in [5, 5.41) is 9.74. The van der Waals surface area contributed by atoms with Crippen molar-refractivity contribution in [2.75, 3.05) is 0 Å². The molecule has 4 aromatic rings. The van der Waals surface area contributed by atoms with E-state index in [0.29, 0.717) is 17.3 Å². The van der Waals surface area contributed by atoms with E-state index in [-0.39, 0.29) is 0 Å². The lowest BCUT2D eigenvalue weighted by Crippen LogP contribution is -1.92. The molecule has 0 aliphatic carbocycles. The van der Waals surface area contributed by atoms with E-state index in [1.165, 1.54) is 0 Å². The van der Waals surface area contributed by atoms with Crippen molar-refractivity contribution in [3.8, 4) is 22.8 Å². The lowest BCUT2D eigenvalue weighted by atomic mass is 10.0. The number of aliphatic hydroxyl groups excluding tert-OH is 1. The molecule has 0 saturated carbocycles. The first-order valence-electron chi connectivity index (χ1n) is 8.09. The Bertz CT molecular complexity index is 1040. The lowest BCUT2D eigenvalue weighted by Gasteiger charge is -2.06. The smallest absolute Gasteiger partial charge is 0.264 e. The minimum Gasteiger partial charge on any atom is -0.434 e. The zero-order chi connectivity index (χ0) is 17.6. The van der Waals surface area contributed by atoms with Crippen molar-refractivity contribution >= 4 is 11.1 Å². The number of rotatable bonds is 3. The van der Waals surface area contributed by atoms with E-state index < -0.39 is 6.10 Å². The van der Waals surface area contributed by atoms with E-state index in [4.69, 9.17) is 4.42 Å². The Kier molecular flexibility index (Phi) is 3.62. The van der Waals surface area contributed by atoms with Crippen molar-refractivity contribution in [1.29, 1.82) is 0 Å². The predicted octanol–water partition coefficient (Wildman–Crippen LogP) is 3.95. The third-order valence-corrected chi connectivity index (χ3v) is 4.29. The first-order chi connectivity index (χ1) is 12.0. The summed E-state index contributed by atoms with van der Waals surface area (Å²) in [5.74, 6) is 1.10. The van der Waals surface area contributed by atoms with Crippen LogP contribution < -0.4 is 0 Å². The van der Waals surface area contributed by atoms with E-state index in [9.17, 15) is 5.11 Å². The molecule has 0 fully saturated rings. The van der Waals surface area contributed by atoms with Crippen molar-refractivity contribution in [3.05, 3.63) is 53.6 Å². The molecule has 0 aliphatic rings. The number of aromatic nitrogens is 4. The standard InChI is InChI=1S/C19H18N4O2/c1-10-11(2)22-18(21-10)19-23-16-5-4-13(7-17(16)25-19)15-6-14(12(3)24)8-20-9-15/h4-9,12,24H,1-3H3,(H,21,22). The third-order valence-electron chi connectivity index (χ3n) is 4.29. The number of imidazole rings is 1. The van der Waals surface area contributed by atoms with E-state index in [0.717, 1.165) is 33.6 Å². The topological polar surface area (TPSA) is 87.8 Å². The fourth-order valence-corrected chi connectivity index (χ4v) is 2.70. The molecule has 0 amide bonds. The molecule has 0 saturated heterocycles. The van der Waals surface area contributed by atoms with Crippen LogP contribution in [0.1, 0.15) is 30.0 Å². The Balaban J connectivity index is 1.77. The summed E-state index contributed by atoms with van der Waals surface area (Å²) < 4.78 is 5.89. The number of H-pyrrole nitrogens is 1. The van der Waals surface area contributed by atoms with Crippen LogP contribution in [0, 0.1) is 13.8 Å². The van der Waals surface area contributed by atoms with Crippen molar-refractivity contribution in [1.82, 2.24) is 19.9 Å². The van der Waals surface area contributed by atoms with Gasteiger partial charge in [0.2, 0.25) is 0 Å². The maximum absolute atomic E-state index is 9.74. The third kappa shape index (κ3) is 2.81. The van der Waals surface area contributed by atoms with Gasteiger partial charge >= 0.3 is 0 Å². The van der Waals surface area contributed by atoms with Crippen LogP contribution in [-0.4, -0.2) is 25.0 Å². The van der Waals surface area contributed by atoms with Gasteiger partial charge in [0.05, 0.1) is 11.8 Å². The van der Waals surface area contributed by atoms with E-state index in [2.05, 4.69) is 19.9 Å². The van der Waals surface area contributed by atoms with Gasteiger partial charge in [0.1, 0.15) is 5.52 Å². The zero-order valence-electron chi connectivity index (χ0n) is 14.2. The Hall–Kier alpha value is -2.99. The molecular formula is C19H18N4O2. The van der Waals surface area contributed by atoms with Crippen LogP contribution in [0.3, 0.4) is 0 Å². The fraction of sp³-hybridized carbons (Fsp3) is 0.211. The molecule has 1 unspecified atom stereocenters. The Morgan fingerprint density at radius 2 is 1.92 bits per heavy atom. The van der Waals surface area contributed by atoms with Gasteiger partial charge < -0.3 is 14.5 Å². The van der Waals surface area contributed by atoms with Crippen molar-refractivity contribution < 1.29 is 9.52 Å². The summed E-state index contributed by atoms with van der Waals surface area (Å²) in [6.07, 6.45) is 2.88. The second-order valence-corrected chi connectivity index (χ2v) is 6.18. The van der Waals surface area contributed by atoms with E-state index in [1.807, 2.05) is 38.1 Å². The molecule has 126 valence electrons. The first-order valence-corrected chi connectivity index (χ1v) is 8.09. The van der Waals surface area contributed by atoms with Crippen molar-refractivity contribution in [3.63, 3.8) is 0 Å². The van der Waals surface area contributed by atoms with Gasteiger partial charge in [0.25, 0.3) is 5.89 Å². The average molecular weight is 334 g/mol. The molecule has 1 aromatic carbocycles. The summed E-state index contributed by atoms with van der Waals surface area (Å²) in [7, 11) is 0. The summed E-state index contributed by atoms with van der Waals surface area (Å²) >= 11 is 0. The molecule has 0 aliphatic heterocycles. The van der Waals surface area contributed by atoms with Gasteiger partial charge in [-0.1, -0.05) is 6.07 Å². The highest BCUT2D eigenvalue weighted by Crippen LogP contribution is 2.28. The maximum Gasteiger partial charge on any atom is 0.264 e. The molecule has 0 spiro atoms. The normalized spacial score (nSPS) is 12.6. The zero-order valence-corrected chi connectivity index (χ0v) is 14.2. The first kappa shape index (κ1) is 15.5. The molecule has 3 aromatic heterocycles. The second kappa shape index (κ2) is 5.82. The van der Waals surface area contributed by atoms with Crippen LogP contribution in [0.2, 0.25) is 0 Å². The molecule has 3 heterocycles. The van der Waals surface area contributed by atoms with Crippen LogP contribution >= 0.6 is 0 Å². The number of hydrogen-bond acceptors (Lipinski definition) is 5. The number of pyridine rings is 1. The van der Waals surface area contributed by atoms with Crippen LogP contribution in [-0.2, 0) is 0 Å². The minimum atomic E-state index is -0.557. The number of fused-ring (bicyclic) bond motifs is 1. The Morgan fingerprint density at radius 1 is 1.08 bits per heavy atom. The maximum atomic E-state index is 9.74. The summed E-state index contributed by atoms with van der Waals surface area (Å²) in [6.45, 7) is 5.63. The average Bonchev–Trinajstić information content (AvgIpc) is 3.17. The van der Waals surface area contributed by atoms with Crippen LogP contribution in [0.5, 0.6) is 0 Å². The van der Waals surface area contributed by atoms with Crippen LogP contribution in [0.25, 0.3) is 33.9 Å². The summed E-state index contributed by atoms with van der Waals surface area (Å²) in [6, 6.07) is 7.73. The molecule has 1 atom stereocenters. The number of nitrogens with zero attached hydrogens (tertiary/aromatic N) is 3. The molecule has 0 bridgehead atoms. The predicted molar refractivity (Wildman–Crippen MR) is 94.9 cm³/mol. The molecule has 0 radical (unpaired) electrons. The number of benzene rings is 1. The van der Waals surface area contributed by atoms with Crippen molar-refractivity contribution in [2.24, 2.45) is 0 Å². The Morgan fingerprint density at radius 3 is 2.64 bits per heavy atom. The number of hydrogen-bond donors (Lipinski definition) is 2. The monoisotopic (exact) mass is 334 g/mol. The lowest BCUT2D eigenvalue weighted by molar-refractivity contribution is 0.199. The summed E-state index contributed by atoms with van der Waals surface area (Å²) in [5.41, 5.74) is 6.03. The number of aryl methyl sites for hydroxylation is 2.